The topological polar surface area (TPSA) is 304 Å². The standard InChI is InChI=1S/C17H29NO8.C12H24N2O7.C10H5F5O2/c1-10(2)12(21)5-4-6-24-7-8-25-17-14(18-11(3)20)16(23)15(22)13(9-19)26-17;1-7(16)14-9-11(18)10(17)8(6-15)21-12(9)20-5-4-19-3-2-13;1-3(2)10(16)17-9-7(14)5(12)4(11)6(13)8(9)15/h13-17,19,22-23H,1,4-9H2,2-3H3,(H,18,20);8-12,15,17-18H,2-6,13H2,1H3,(H,14,16);1H2,2H3. The predicted octanol–water partition coefficient (Wildman–Crippen LogP) is -1.33. The van der Waals surface area contributed by atoms with E-state index in [4.69, 9.17) is 39.3 Å². The van der Waals surface area contributed by atoms with Crippen molar-refractivity contribution in [3.8, 4) is 5.75 Å². The fourth-order valence-electron chi connectivity index (χ4n) is 5.36. The maximum Gasteiger partial charge on any atom is 0.338 e. The molecule has 366 valence electrons. The summed E-state index contributed by atoms with van der Waals surface area (Å²) in [6.45, 7) is 13.0. The zero-order valence-corrected chi connectivity index (χ0v) is 35.6. The van der Waals surface area contributed by atoms with E-state index in [2.05, 4.69) is 28.5 Å². The van der Waals surface area contributed by atoms with Crippen LogP contribution in [0, 0.1) is 29.1 Å². The number of Topliss-reactive ketones (excluding diaryl/α,β-unsaturated/α-hetero) is 1. The molecule has 20 nitrogen and oxygen atoms in total. The van der Waals surface area contributed by atoms with Gasteiger partial charge in [-0.1, -0.05) is 13.2 Å². The van der Waals surface area contributed by atoms with E-state index >= 15 is 0 Å². The van der Waals surface area contributed by atoms with Crippen LogP contribution in [0.4, 0.5) is 22.0 Å². The molecule has 2 aliphatic rings. The van der Waals surface area contributed by atoms with Crippen LogP contribution >= 0.6 is 0 Å². The quantitative estimate of drug-likeness (QED) is 0.0131. The number of ether oxygens (including phenoxy) is 7. The minimum absolute atomic E-state index is 0.00111. The average Bonchev–Trinajstić information content (AvgIpc) is 3.25. The molecule has 0 bridgehead atoms. The van der Waals surface area contributed by atoms with Gasteiger partial charge in [-0.15, -0.1) is 0 Å². The van der Waals surface area contributed by atoms with Crippen molar-refractivity contribution in [1.82, 2.24) is 10.6 Å². The Balaban J connectivity index is 0.000000491. The molecular weight excluding hydrogens is 877 g/mol. The Labute approximate surface area is 365 Å². The van der Waals surface area contributed by atoms with E-state index in [0.29, 0.717) is 38.2 Å². The summed E-state index contributed by atoms with van der Waals surface area (Å²) in [4.78, 5) is 44.8. The van der Waals surface area contributed by atoms with Gasteiger partial charge in [0.25, 0.3) is 0 Å². The summed E-state index contributed by atoms with van der Waals surface area (Å²) in [5.41, 5.74) is 5.54. The molecule has 64 heavy (non-hydrogen) atoms. The number of esters is 1. The maximum absolute atomic E-state index is 13.0. The number of benzene rings is 1. The Morgan fingerprint density at radius 3 is 1.39 bits per heavy atom. The molecule has 0 aliphatic carbocycles. The van der Waals surface area contributed by atoms with Crippen LogP contribution in [0.25, 0.3) is 0 Å². The lowest BCUT2D eigenvalue weighted by atomic mass is 9.97. The van der Waals surface area contributed by atoms with E-state index in [1.54, 1.807) is 6.92 Å². The molecular formula is C39H58F5N3O17. The Morgan fingerprint density at radius 1 is 0.625 bits per heavy atom. The normalized spacial score (nSPS) is 25.1. The van der Waals surface area contributed by atoms with Gasteiger partial charge in [-0.2, -0.15) is 8.78 Å². The molecule has 1 aromatic carbocycles. The fraction of sp³-hybridized carbons (Fsp3) is 0.641. The zero-order chi connectivity index (χ0) is 48.8. The minimum atomic E-state index is -2.32. The van der Waals surface area contributed by atoms with Gasteiger partial charge >= 0.3 is 5.97 Å². The predicted molar refractivity (Wildman–Crippen MR) is 209 cm³/mol. The summed E-state index contributed by atoms with van der Waals surface area (Å²) < 4.78 is 100. The summed E-state index contributed by atoms with van der Waals surface area (Å²) in [6, 6.07) is -1.91. The number of hydrogen-bond donors (Lipinski definition) is 9. The molecule has 2 aliphatic heterocycles. The largest absolute Gasteiger partial charge is 0.417 e. The first-order valence-corrected chi connectivity index (χ1v) is 19.5. The lowest BCUT2D eigenvalue weighted by molar-refractivity contribution is -0.272. The molecule has 2 saturated heterocycles. The maximum atomic E-state index is 13.0. The van der Waals surface area contributed by atoms with Crippen LogP contribution < -0.4 is 21.1 Å². The molecule has 0 spiro atoms. The second-order valence-corrected chi connectivity index (χ2v) is 14.0. The van der Waals surface area contributed by atoms with Crippen LogP contribution in [0.2, 0.25) is 0 Å². The number of carbonyl (C=O) groups excluding carboxylic acids is 4. The third-order valence-corrected chi connectivity index (χ3v) is 8.66. The highest BCUT2D eigenvalue weighted by Gasteiger charge is 2.46. The van der Waals surface area contributed by atoms with Crippen molar-refractivity contribution in [2.45, 2.75) is 102 Å². The first-order chi connectivity index (χ1) is 30.0. The summed E-state index contributed by atoms with van der Waals surface area (Å²) in [7, 11) is 0. The molecule has 3 rings (SSSR count). The second kappa shape index (κ2) is 29.4. The number of nitrogens with two attached hydrogens (primary N) is 1. The van der Waals surface area contributed by atoms with Gasteiger partial charge in [0.05, 0.1) is 46.2 Å². The molecule has 2 fully saturated rings. The monoisotopic (exact) mass is 935 g/mol. The molecule has 0 aromatic heterocycles. The van der Waals surface area contributed by atoms with E-state index in [0.717, 1.165) is 6.92 Å². The molecule has 0 radical (unpaired) electrons. The smallest absolute Gasteiger partial charge is 0.338 e. The van der Waals surface area contributed by atoms with Gasteiger partial charge in [0.15, 0.2) is 18.4 Å². The van der Waals surface area contributed by atoms with Gasteiger partial charge in [-0.3, -0.25) is 14.4 Å². The number of carbonyl (C=O) groups is 4. The van der Waals surface area contributed by atoms with Gasteiger partial charge in [0.1, 0.15) is 48.7 Å². The first-order valence-electron chi connectivity index (χ1n) is 19.5. The van der Waals surface area contributed by atoms with E-state index in [-0.39, 0.29) is 37.8 Å². The first kappa shape index (κ1) is 57.9. The molecule has 10 N–H and O–H groups in total. The van der Waals surface area contributed by atoms with Crippen LogP contribution in [-0.2, 0) is 47.6 Å². The Kier molecular flexibility index (Phi) is 26.7. The summed E-state index contributed by atoms with van der Waals surface area (Å²) in [5.74, 6) is -14.9. The lowest BCUT2D eigenvalue weighted by Gasteiger charge is -2.42. The number of halogens is 5. The summed E-state index contributed by atoms with van der Waals surface area (Å²) in [6.07, 6.45) is -8.42. The SMILES string of the molecule is C=C(C)C(=O)CCCOCCOC1OC(CO)C(O)C(O)C1NC(C)=O.C=C(C)C(=O)Oc1c(F)c(F)c(F)c(F)c1F.CC(=O)NC1C(OCCOCCN)OC(CO)C(O)C1O. The second-order valence-electron chi connectivity index (χ2n) is 14.0. The molecule has 2 amide bonds. The number of aliphatic hydroxyl groups excluding tert-OH is 6. The number of hydrogen-bond acceptors (Lipinski definition) is 18. The number of nitrogens with one attached hydrogen (secondary N) is 2. The van der Waals surface area contributed by atoms with Gasteiger partial charge in [-0.05, 0) is 25.8 Å². The van der Waals surface area contributed by atoms with Crippen LogP contribution in [-0.4, -0.2) is 175 Å². The Morgan fingerprint density at radius 2 is 1.03 bits per heavy atom. The number of rotatable bonds is 21. The number of aliphatic hydroxyl groups is 6. The van der Waals surface area contributed by atoms with Crippen molar-refractivity contribution >= 4 is 23.6 Å². The Hall–Kier alpha value is -4.09. The van der Waals surface area contributed by atoms with Crippen molar-refractivity contribution in [2.75, 3.05) is 59.4 Å². The highest BCUT2D eigenvalue weighted by molar-refractivity contribution is 5.94. The molecule has 1 aromatic rings. The number of amides is 2. The van der Waals surface area contributed by atoms with Gasteiger partial charge < -0.3 is 80.2 Å². The summed E-state index contributed by atoms with van der Waals surface area (Å²) >= 11 is 0. The highest BCUT2D eigenvalue weighted by Crippen LogP contribution is 2.30. The fourth-order valence-corrected chi connectivity index (χ4v) is 5.36. The summed E-state index contributed by atoms with van der Waals surface area (Å²) in [5, 5.41) is 63.1. The lowest BCUT2D eigenvalue weighted by Crippen LogP contribution is -2.64. The number of ketones is 1. The van der Waals surface area contributed by atoms with Gasteiger partial charge in [-0.25, -0.2) is 18.0 Å². The molecule has 2 heterocycles. The molecule has 10 atom stereocenters. The van der Waals surface area contributed by atoms with Gasteiger partial charge in [0.2, 0.25) is 46.6 Å². The highest BCUT2D eigenvalue weighted by atomic mass is 19.2. The van der Waals surface area contributed by atoms with Crippen molar-refractivity contribution < 1.29 is 105 Å². The van der Waals surface area contributed by atoms with Crippen LogP contribution in [0.5, 0.6) is 5.75 Å². The van der Waals surface area contributed by atoms with Crippen molar-refractivity contribution in [1.29, 1.82) is 0 Å². The Bertz CT molecular complexity index is 1670. The van der Waals surface area contributed by atoms with E-state index in [9.17, 15) is 66.7 Å². The third-order valence-electron chi connectivity index (χ3n) is 8.66. The number of allylic oxidation sites excluding steroid dienone is 1. The zero-order valence-electron chi connectivity index (χ0n) is 35.6. The van der Waals surface area contributed by atoms with E-state index < -0.39 is 127 Å². The average molecular weight is 936 g/mol. The van der Waals surface area contributed by atoms with E-state index in [1.807, 2.05) is 0 Å². The molecule has 10 unspecified atom stereocenters. The van der Waals surface area contributed by atoms with Crippen LogP contribution in [0.1, 0.15) is 40.5 Å². The van der Waals surface area contributed by atoms with Crippen molar-refractivity contribution in [3.05, 3.63) is 53.4 Å². The van der Waals surface area contributed by atoms with Crippen molar-refractivity contribution in [2.24, 2.45) is 5.73 Å². The van der Waals surface area contributed by atoms with Crippen molar-refractivity contribution in [3.63, 3.8) is 0 Å². The minimum Gasteiger partial charge on any atom is -0.417 e. The third kappa shape index (κ3) is 18.4. The molecule has 25 heteroatoms. The van der Waals surface area contributed by atoms with Crippen LogP contribution in [0.15, 0.2) is 24.3 Å². The van der Waals surface area contributed by atoms with E-state index in [1.165, 1.54) is 13.8 Å². The van der Waals surface area contributed by atoms with Crippen LogP contribution in [0.3, 0.4) is 0 Å². The molecule has 0 saturated carbocycles. The van der Waals surface area contributed by atoms with Gasteiger partial charge in [0, 0.05) is 39.0 Å².